The molecule has 0 aliphatic heterocycles. The number of aromatic hydroxyl groups is 1. The Hall–Kier alpha value is -2.82. The van der Waals surface area contributed by atoms with E-state index in [0.29, 0.717) is 32.6 Å². The smallest absolute Gasteiger partial charge is 0.227 e. The number of halogens is 2. The summed E-state index contributed by atoms with van der Waals surface area (Å²) in [5.41, 5.74) is 3.51. The zero-order chi connectivity index (χ0) is 18.1. The lowest BCUT2D eigenvalue weighted by Gasteiger charge is -2.00. The summed E-state index contributed by atoms with van der Waals surface area (Å²) in [6.45, 7) is 0. The summed E-state index contributed by atoms with van der Waals surface area (Å²) < 4.78 is 5.75. The Morgan fingerprint density at radius 1 is 0.923 bits per heavy atom. The summed E-state index contributed by atoms with van der Waals surface area (Å²) in [7, 11) is 0. The highest BCUT2D eigenvalue weighted by Crippen LogP contribution is 2.28. The van der Waals surface area contributed by atoms with E-state index in [1.54, 1.807) is 36.5 Å². The van der Waals surface area contributed by atoms with Gasteiger partial charge in [0.25, 0.3) is 0 Å². The predicted octanol–water partition coefficient (Wildman–Crippen LogP) is 6.26. The van der Waals surface area contributed by atoms with Crippen molar-refractivity contribution in [1.82, 2.24) is 4.98 Å². The van der Waals surface area contributed by atoms with Crippen LogP contribution in [0.3, 0.4) is 0 Å². The zero-order valence-electron chi connectivity index (χ0n) is 13.4. The van der Waals surface area contributed by atoms with E-state index in [1.165, 1.54) is 6.07 Å². The molecule has 0 bridgehead atoms. The van der Waals surface area contributed by atoms with E-state index in [1.807, 2.05) is 24.3 Å². The average Bonchev–Trinajstić information content (AvgIpc) is 3.06. The van der Waals surface area contributed by atoms with Gasteiger partial charge in [0.2, 0.25) is 5.89 Å². The van der Waals surface area contributed by atoms with Crippen LogP contribution in [0.2, 0.25) is 10.0 Å². The van der Waals surface area contributed by atoms with Gasteiger partial charge in [-0.3, -0.25) is 4.99 Å². The summed E-state index contributed by atoms with van der Waals surface area (Å²) >= 11 is 11.9. The van der Waals surface area contributed by atoms with Crippen LogP contribution in [0.5, 0.6) is 5.75 Å². The average molecular weight is 383 g/mol. The number of aliphatic imine (C=N–C) groups is 1. The standard InChI is InChI=1S/C20H12Cl2N2O2/c21-14-3-7-18(25)13(9-14)11-23-16-5-1-12(2-6-16)20-24-17-10-15(22)4-8-19(17)26-20/h1-11,25H. The van der Waals surface area contributed by atoms with E-state index in [2.05, 4.69) is 9.98 Å². The molecule has 6 heteroatoms. The largest absolute Gasteiger partial charge is 0.507 e. The highest BCUT2D eigenvalue weighted by atomic mass is 35.5. The minimum Gasteiger partial charge on any atom is -0.507 e. The molecule has 0 unspecified atom stereocenters. The summed E-state index contributed by atoms with van der Waals surface area (Å²) in [5.74, 6) is 0.644. The molecule has 0 saturated carbocycles. The van der Waals surface area contributed by atoms with Crippen LogP contribution in [0.25, 0.3) is 22.6 Å². The third-order valence-electron chi connectivity index (χ3n) is 3.81. The third-order valence-corrected chi connectivity index (χ3v) is 4.28. The van der Waals surface area contributed by atoms with Gasteiger partial charge in [0.15, 0.2) is 5.58 Å². The van der Waals surface area contributed by atoms with Crippen molar-refractivity contribution in [2.75, 3.05) is 0 Å². The minimum absolute atomic E-state index is 0.125. The van der Waals surface area contributed by atoms with Crippen molar-refractivity contribution < 1.29 is 9.52 Å². The fraction of sp³-hybridized carbons (Fsp3) is 0. The zero-order valence-corrected chi connectivity index (χ0v) is 14.9. The lowest BCUT2D eigenvalue weighted by atomic mass is 10.2. The molecule has 1 N–H and O–H groups in total. The molecular weight excluding hydrogens is 371 g/mol. The molecule has 0 radical (unpaired) electrons. The maximum Gasteiger partial charge on any atom is 0.227 e. The van der Waals surface area contributed by atoms with Crippen LogP contribution in [0, 0.1) is 0 Å². The van der Waals surface area contributed by atoms with Crippen LogP contribution in [-0.4, -0.2) is 16.3 Å². The summed E-state index contributed by atoms with van der Waals surface area (Å²) in [4.78, 5) is 8.81. The number of hydrogen-bond donors (Lipinski definition) is 1. The molecule has 0 spiro atoms. The number of oxazole rings is 1. The molecular formula is C20H12Cl2N2O2. The molecule has 4 rings (SSSR count). The normalized spacial score (nSPS) is 11.5. The lowest BCUT2D eigenvalue weighted by Crippen LogP contribution is -1.82. The molecule has 0 atom stereocenters. The molecule has 3 aromatic carbocycles. The predicted molar refractivity (Wildman–Crippen MR) is 105 cm³/mol. The number of aromatic nitrogens is 1. The monoisotopic (exact) mass is 382 g/mol. The highest BCUT2D eigenvalue weighted by molar-refractivity contribution is 6.31. The fourth-order valence-electron chi connectivity index (χ4n) is 2.49. The minimum atomic E-state index is 0.125. The van der Waals surface area contributed by atoms with Crippen LogP contribution in [0.15, 0.2) is 70.1 Å². The van der Waals surface area contributed by atoms with E-state index >= 15 is 0 Å². The summed E-state index contributed by atoms with van der Waals surface area (Å²) in [6, 6.07) is 17.6. The Balaban J connectivity index is 1.59. The van der Waals surface area contributed by atoms with Crippen LogP contribution >= 0.6 is 23.2 Å². The first-order valence-electron chi connectivity index (χ1n) is 7.77. The second-order valence-electron chi connectivity index (χ2n) is 5.64. The van der Waals surface area contributed by atoms with Crippen molar-refractivity contribution >= 4 is 46.2 Å². The van der Waals surface area contributed by atoms with Crippen LogP contribution in [0.1, 0.15) is 5.56 Å². The molecule has 26 heavy (non-hydrogen) atoms. The Kier molecular flexibility index (Phi) is 4.37. The number of fused-ring (bicyclic) bond motifs is 1. The Labute approximate surface area is 159 Å². The quantitative estimate of drug-likeness (QED) is 0.425. The van der Waals surface area contributed by atoms with Crippen molar-refractivity contribution in [3.05, 3.63) is 76.3 Å². The fourth-order valence-corrected chi connectivity index (χ4v) is 2.83. The van der Waals surface area contributed by atoms with Crippen LogP contribution < -0.4 is 0 Å². The number of phenols is 1. The molecule has 1 aromatic heterocycles. The first kappa shape index (κ1) is 16.6. The van der Waals surface area contributed by atoms with Crippen molar-refractivity contribution in [2.24, 2.45) is 4.99 Å². The maximum atomic E-state index is 9.81. The summed E-state index contributed by atoms with van der Waals surface area (Å²) in [6.07, 6.45) is 1.57. The Bertz CT molecular complexity index is 1120. The van der Waals surface area contributed by atoms with Crippen molar-refractivity contribution in [1.29, 1.82) is 0 Å². The second kappa shape index (κ2) is 6.83. The summed E-state index contributed by atoms with van der Waals surface area (Å²) in [5, 5.41) is 11.0. The Morgan fingerprint density at radius 3 is 2.46 bits per heavy atom. The van der Waals surface area contributed by atoms with Gasteiger partial charge in [-0.15, -0.1) is 0 Å². The number of benzene rings is 3. The van der Waals surface area contributed by atoms with E-state index in [0.717, 1.165) is 11.3 Å². The first-order valence-corrected chi connectivity index (χ1v) is 8.53. The second-order valence-corrected chi connectivity index (χ2v) is 6.51. The van der Waals surface area contributed by atoms with Gasteiger partial charge in [-0.1, -0.05) is 23.2 Å². The molecule has 0 aliphatic rings. The molecule has 0 amide bonds. The van der Waals surface area contributed by atoms with E-state index < -0.39 is 0 Å². The van der Waals surface area contributed by atoms with Gasteiger partial charge in [0.1, 0.15) is 11.3 Å². The van der Waals surface area contributed by atoms with E-state index in [4.69, 9.17) is 27.6 Å². The molecule has 0 aliphatic carbocycles. The van der Waals surface area contributed by atoms with Crippen molar-refractivity contribution in [2.45, 2.75) is 0 Å². The Morgan fingerprint density at radius 2 is 1.65 bits per heavy atom. The van der Waals surface area contributed by atoms with Gasteiger partial charge in [-0.2, -0.15) is 0 Å². The molecule has 0 saturated heterocycles. The third kappa shape index (κ3) is 3.43. The topological polar surface area (TPSA) is 58.6 Å². The van der Waals surface area contributed by atoms with Gasteiger partial charge in [0.05, 0.1) is 5.69 Å². The number of rotatable bonds is 3. The molecule has 4 nitrogen and oxygen atoms in total. The molecule has 1 heterocycles. The first-order chi connectivity index (χ1) is 12.6. The lowest BCUT2D eigenvalue weighted by molar-refractivity contribution is 0.474. The van der Waals surface area contributed by atoms with Gasteiger partial charge in [-0.05, 0) is 60.7 Å². The van der Waals surface area contributed by atoms with Crippen LogP contribution in [0.4, 0.5) is 5.69 Å². The number of nitrogens with zero attached hydrogens (tertiary/aromatic N) is 2. The number of phenolic OH excluding ortho intramolecular Hbond substituents is 1. The van der Waals surface area contributed by atoms with Crippen molar-refractivity contribution in [3.63, 3.8) is 0 Å². The van der Waals surface area contributed by atoms with E-state index in [-0.39, 0.29) is 5.75 Å². The van der Waals surface area contributed by atoms with Gasteiger partial charge >= 0.3 is 0 Å². The van der Waals surface area contributed by atoms with Crippen LogP contribution in [-0.2, 0) is 0 Å². The SMILES string of the molecule is Oc1ccc(Cl)cc1C=Nc1ccc(-c2nc3cc(Cl)ccc3o2)cc1. The van der Waals surface area contributed by atoms with Crippen molar-refractivity contribution in [3.8, 4) is 17.2 Å². The maximum absolute atomic E-state index is 9.81. The van der Waals surface area contributed by atoms with Gasteiger partial charge in [0, 0.05) is 27.4 Å². The molecule has 4 aromatic rings. The van der Waals surface area contributed by atoms with Gasteiger partial charge < -0.3 is 9.52 Å². The highest BCUT2D eigenvalue weighted by Gasteiger charge is 2.08. The van der Waals surface area contributed by atoms with E-state index in [9.17, 15) is 5.11 Å². The molecule has 128 valence electrons. The molecule has 0 fully saturated rings. The number of hydrogen-bond acceptors (Lipinski definition) is 4. The van der Waals surface area contributed by atoms with Gasteiger partial charge in [-0.25, -0.2) is 4.98 Å².